The summed E-state index contributed by atoms with van der Waals surface area (Å²) in [7, 11) is 1.53. The largest absolute Gasteiger partial charge is 0.399 e. The van der Waals surface area contributed by atoms with E-state index in [0.717, 1.165) is 0 Å². The molecule has 2 saturated carbocycles. The first-order valence-electron chi connectivity index (χ1n) is 9.87. The summed E-state index contributed by atoms with van der Waals surface area (Å²) in [5, 5.41) is 56.3. The Bertz CT molecular complexity index is 965. The van der Waals surface area contributed by atoms with Crippen molar-refractivity contribution in [1.82, 2.24) is 0 Å². The van der Waals surface area contributed by atoms with E-state index in [-0.39, 0.29) is 17.2 Å². The molecule has 0 bridgehead atoms. The van der Waals surface area contributed by atoms with E-state index in [9.17, 15) is 30.3 Å². The Morgan fingerprint density at radius 1 is 1.10 bits per heavy atom. The Morgan fingerprint density at radius 3 is 2.10 bits per heavy atom. The molecule has 4 rings (SSSR count). The van der Waals surface area contributed by atoms with Crippen molar-refractivity contribution in [2.45, 2.75) is 69.4 Å². The summed E-state index contributed by atoms with van der Waals surface area (Å²) in [6.45, 7) is 7.61. The minimum Gasteiger partial charge on any atom is -0.399 e. The van der Waals surface area contributed by atoms with Crippen molar-refractivity contribution in [3.63, 3.8) is 0 Å². The molecule has 9 heteroatoms. The van der Waals surface area contributed by atoms with Gasteiger partial charge < -0.3 is 40.9 Å². The van der Waals surface area contributed by atoms with E-state index in [0.29, 0.717) is 5.69 Å². The summed E-state index contributed by atoms with van der Waals surface area (Å²) < 4.78 is 5.76. The van der Waals surface area contributed by atoms with Crippen LogP contribution in [0.1, 0.15) is 40.2 Å². The van der Waals surface area contributed by atoms with Gasteiger partial charge in [-0.2, -0.15) is 0 Å². The molecule has 1 aromatic rings. The zero-order valence-electron chi connectivity index (χ0n) is 18.0. The standard InChI is InChI=1S/C21H30N2O7/c1-10(24)23(6)13-8-11(7-12(22)9-13)18(26)15(19(27)14(25)16(19,2)3)30-21(29)17(4,5)20(18,21)28/h7-9,14-15,25-29H,22H2,1-6H3/t14?,15-,18+,19+,20+,21?/m0/s1. The van der Waals surface area contributed by atoms with E-state index < -0.39 is 45.6 Å². The number of hydrogen-bond donors (Lipinski definition) is 6. The SMILES string of the molecule is CC(=O)N(C)c1cc(N)cc([C@@]2(O)[C@@H]([C@]3(O)C(O)C3(C)C)OC3(O)C(C)(C)[C@]32O)c1. The average molecular weight is 422 g/mol. The first-order chi connectivity index (χ1) is 13.5. The van der Waals surface area contributed by atoms with Gasteiger partial charge in [-0.3, -0.25) is 4.79 Å². The van der Waals surface area contributed by atoms with Crippen LogP contribution in [0.2, 0.25) is 0 Å². The Labute approximate surface area is 174 Å². The third-order valence-electron chi connectivity index (χ3n) is 8.09. The van der Waals surface area contributed by atoms with Gasteiger partial charge in [0.05, 0.1) is 11.5 Å². The Hall–Kier alpha value is -1.75. The van der Waals surface area contributed by atoms with Crippen molar-refractivity contribution < 1.29 is 35.1 Å². The second-order valence-corrected chi connectivity index (χ2v) is 10.1. The lowest BCUT2D eigenvalue weighted by Gasteiger charge is -2.41. The molecule has 2 aliphatic carbocycles. The predicted octanol–water partition coefficient (Wildman–Crippen LogP) is -0.571. The van der Waals surface area contributed by atoms with Crippen LogP contribution in [0.5, 0.6) is 0 Å². The number of ether oxygens (including phenoxy) is 1. The average Bonchev–Trinajstić information content (AvgIpc) is 3.14. The molecule has 0 radical (unpaired) electrons. The topological polar surface area (TPSA) is 157 Å². The van der Waals surface area contributed by atoms with Gasteiger partial charge in [0.15, 0.2) is 11.2 Å². The number of anilines is 2. The molecule has 3 fully saturated rings. The van der Waals surface area contributed by atoms with Crippen molar-refractivity contribution in [2.24, 2.45) is 10.8 Å². The van der Waals surface area contributed by atoms with Gasteiger partial charge in [-0.05, 0) is 23.8 Å². The summed E-state index contributed by atoms with van der Waals surface area (Å²) in [6, 6.07) is 4.38. The summed E-state index contributed by atoms with van der Waals surface area (Å²) in [4.78, 5) is 13.2. The zero-order chi connectivity index (χ0) is 22.9. The van der Waals surface area contributed by atoms with Gasteiger partial charge >= 0.3 is 0 Å². The number of nitrogens with two attached hydrogens (primary N) is 1. The van der Waals surface area contributed by atoms with E-state index in [1.165, 1.54) is 50.9 Å². The van der Waals surface area contributed by atoms with Crippen LogP contribution < -0.4 is 10.6 Å². The maximum Gasteiger partial charge on any atom is 0.223 e. The van der Waals surface area contributed by atoms with Crippen molar-refractivity contribution in [3.8, 4) is 0 Å². The molecule has 0 aromatic heterocycles. The van der Waals surface area contributed by atoms with Crippen molar-refractivity contribution in [2.75, 3.05) is 17.7 Å². The summed E-state index contributed by atoms with van der Waals surface area (Å²) in [5.41, 5.74) is -2.18. The van der Waals surface area contributed by atoms with E-state index in [1.807, 2.05) is 0 Å². The molecule has 3 aliphatic rings. The second kappa shape index (κ2) is 5.35. The molecule has 6 atom stereocenters. The fourth-order valence-electron chi connectivity index (χ4n) is 5.43. The van der Waals surface area contributed by atoms with Crippen LogP contribution in [-0.2, 0) is 15.1 Å². The number of aliphatic hydroxyl groups excluding tert-OH is 1. The number of fused-ring (bicyclic) bond motifs is 1. The number of hydrogen-bond acceptors (Lipinski definition) is 8. The number of nitrogen functional groups attached to an aromatic ring is 1. The Kier molecular flexibility index (Phi) is 3.83. The molecule has 1 aliphatic heterocycles. The van der Waals surface area contributed by atoms with E-state index in [2.05, 4.69) is 0 Å². The molecule has 9 nitrogen and oxygen atoms in total. The molecule has 30 heavy (non-hydrogen) atoms. The molecular formula is C21H30N2O7. The molecule has 1 amide bonds. The normalized spacial score (nSPS) is 45.0. The molecule has 2 unspecified atom stereocenters. The van der Waals surface area contributed by atoms with Crippen molar-refractivity contribution >= 4 is 17.3 Å². The number of amides is 1. The van der Waals surface area contributed by atoms with Gasteiger partial charge in [0.25, 0.3) is 0 Å². The molecule has 0 spiro atoms. The number of aliphatic hydroxyl groups is 5. The number of nitrogens with zero attached hydrogens (tertiary/aromatic N) is 1. The maximum atomic E-state index is 12.0. The molecule has 1 aromatic carbocycles. The van der Waals surface area contributed by atoms with Crippen LogP contribution >= 0.6 is 0 Å². The van der Waals surface area contributed by atoms with Crippen molar-refractivity contribution in [3.05, 3.63) is 23.8 Å². The third kappa shape index (κ3) is 1.88. The van der Waals surface area contributed by atoms with Crippen LogP contribution in [0.4, 0.5) is 11.4 Å². The van der Waals surface area contributed by atoms with Crippen LogP contribution in [0.15, 0.2) is 18.2 Å². The number of carbonyl (C=O) groups excluding carboxylic acids is 1. The highest BCUT2D eigenvalue weighted by molar-refractivity contribution is 5.91. The lowest BCUT2D eigenvalue weighted by Crippen LogP contribution is -2.57. The van der Waals surface area contributed by atoms with E-state index in [1.54, 1.807) is 13.8 Å². The summed E-state index contributed by atoms with van der Waals surface area (Å²) in [5.74, 6) is -2.44. The summed E-state index contributed by atoms with van der Waals surface area (Å²) in [6.07, 6.45) is -2.81. The molecule has 166 valence electrons. The van der Waals surface area contributed by atoms with Crippen LogP contribution in [0, 0.1) is 10.8 Å². The third-order valence-corrected chi connectivity index (χ3v) is 8.09. The number of rotatable bonds is 3. The quantitative estimate of drug-likeness (QED) is 0.354. The number of carbonyl (C=O) groups is 1. The zero-order valence-corrected chi connectivity index (χ0v) is 18.0. The second-order valence-electron chi connectivity index (χ2n) is 10.1. The van der Waals surface area contributed by atoms with Gasteiger partial charge in [0.2, 0.25) is 11.7 Å². The predicted molar refractivity (Wildman–Crippen MR) is 107 cm³/mol. The first kappa shape index (κ1) is 21.5. The smallest absolute Gasteiger partial charge is 0.223 e. The fourth-order valence-corrected chi connectivity index (χ4v) is 5.43. The number of benzene rings is 1. The maximum absolute atomic E-state index is 12.0. The van der Waals surface area contributed by atoms with E-state index in [4.69, 9.17) is 10.5 Å². The highest BCUT2D eigenvalue weighted by Gasteiger charge is 3.00. The monoisotopic (exact) mass is 422 g/mol. The van der Waals surface area contributed by atoms with Gasteiger partial charge in [-0.25, -0.2) is 0 Å². The Morgan fingerprint density at radius 2 is 1.63 bits per heavy atom. The van der Waals surface area contributed by atoms with Gasteiger partial charge in [-0.15, -0.1) is 0 Å². The van der Waals surface area contributed by atoms with Crippen LogP contribution in [-0.4, -0.2) is 67.7 Å². The molecule has 1 heterocycles. The highest BCUT2D eigenvalue weighted by atomic mass is 16.7. The lowest BCUT2D eigenvalue weighted by molar-refractivity contribution is -0.231. The summed E-state index contributed by atoms with van der Waals surface area (Å²) >= 11 is 0. The first-order valence-corrected chi connectivity index (χ1v) is 9.87. The van der Waals surface area contributed by atoms with Crippen LogP contribution in [0.3, 0.4) is 0 Å². The lowest BCUT2D eigenvalue weighted by atomic mass is 9.74. The van der Waals surface area contributed by atoms with Crippen LogP contribution in [0.25, 0.3) is 0 Å². The van der Waals surface area contributed by atoms with Crippen molar-refractivity contribution in [1.29, 1.82) is 0 Å². The Balaban J connectivity index is 1.94. The van der Waals surface area contributed by atoms with Gasteiger partial charge in [0, 0.05) is 30.8 Å². The highest BCUT2D eigenvalue weighted by Crippen LogP contribution is 2.80. The van der Waals surface area contributed by atoms with Gasteiger partial charge in [0.1, 0.15) is 11.7 Å². The molecule has 7 N–H and O–H groups in total. The minimum absolute atomic E-state index is 0.0583. The molecular weight excluding hydrogens is 392 g/mol. The minimum atomic E-state index is -2.34. The van der Waals surface area contributed by atoms with Gasteiger partial charge in [-0.1, -0.05) is 27.7 Å². The molecule has 1 saturated heterocycles. The van der Waals surface area contributed by atoms with E-state index >= 15 is 0 Å². The fraction of sp³-hybridized carbons (Fsp3) is 0.667.